The molecule has 2 aromatic rings. The third-order valence-corrected chi connectivity index (χ3v) is 8.17. The van der Waals surface area contributed by atoms with Gasteiger partial charge in [0.1, 0.15) is 0 Å². The molecule has 4 aliphatic rings. The molecule has 1 aromatic carbocycles. The van der Waals surface area contributed by atoms with Crippen LogP contribution in [0.4, 0.5) is 10.8 Å². The predicted molar refractivity (Wildman–Crippen MR) is 121 cm³/mol. The summed E-state index contributed by atoms with van der Waals surface area (Å²) < 4.78 is 0. The number of carbonyl (C=O) groups excluding carboxylic acids is 2. The number of amides is 2. The molecular weight excluding hydrogens is 428 g/mol. The third-order valence-electron chi connectivity index (χ3n) is 7.41. The van der Waals surface area contributed by atoms with E-state index < -0.39 is 10.8 Å². The first-order valence-electron chi connectivity index (χ1n) is 11.1. The minimum Gasteiger partial charge on any atom is -0.343 e. The number of aromatic nitrogens is 1. The van der Waals surface area contributed by atoms with Gasteiger partial charge in [0.15, 0.2) is 5.13 Å². The molecular formula is C23H26N4O4S. The van der Waals surface area contributed by atoms with E-state index in [1.807, 2.05) is 0 Å². The van der Waals surface area contributed by atoms with Crippen LogP contribution in [0.1, 0.15) is 60.1 Å². The Morgan fingerprint density at radius 2 is 1.84 bits per heavy atom. The highest BCUT2D eigenvalue weighted by molar-refractivity contribution is 7.14. The molecule has 0 spiro atoms. The lowest BCUT2D eigenvalue weighted by atomic mass is 9.49. The molecule has 0 aliphatic heterocycles. The number of nitro groups is 1. The number of hydrogen-bond donors (Lipinski definition) is 2. The van der Waals surface area contributed by atoms with E-state index in [2.05, 4.69) is 16.0 Å². The van der Waals surface area contributed by atoms with E-state index in [1.165, 1.54) is 68.1 Å². The van der Waals surface area contributed by atoms with Gasteiger partial charge in [-0.25, -0.2) is 4.98 Å². The fourth-order valence-corrected chi connectivity index (χ4v) is 7.22. The minimum absolute atomic E-state index is 0.123. The summed E-state index contributed by atoms with van der Waals surface area (Å²) in [5.41, 5.74) is 1.80. The number of nitro benzene ring substituents is 1. The third kappa shape index (κ3) is 3.90. The van der Waals surface area contributed by atoms with Gasteiger partial charge in [-0.2, -0.15) is 0 Å². The first-order chi connectivity index (χ1) is 15.3. The fourth-order valence-electron chi connectivity index (χ4n) is 6.37. The molecule has 1 aromatic heterocycles. The summed E-state index contributed by atoms with van der Waals surface area (Å²) in [7, 11) is 0. The van der Waals surface area contributed by atoms with E-state index in [0.29, 0.717) is 10.7 Å². The van der Waals surface area contributed by atoms with Crippen LogP contribution in [0.3, 0.4) is 0 Å². The molecule has 0 unspecified atom stereocenters. The Morgan fingerprint density at radius 3 is 2.47 bits per heavy atom. The average molecular weight is 455 g/mol. The standard InChI is InChI=1S/C23H26N4O4S/c1-13-2-3-17(7-18(13)27(30)31)21(29)24-11-20(28)26-22-25-19(12-32-22)23-8-14-4-15(9-23)6-16(5-14)10-23/h2-3,7,12,14-16H,4-6,8-11H2,1H3,(H,24,29)(H,25,26,28). The Morgan fingerprint density at radius 1 is 1.19 bits per heavy atom. The molecule has 4 saturated carbocycles. The Balaban J connectivity index is 1.19. The van der Waals surface area contributed by atoms with Crippen LogP contribution in [-0.2, 0) is 10.2 Å². The van der Waals surface area contributed by atoms with Gasteiger partial charge in [-0.05, 0) is 69.3 Å². The highest BCUT2D eigenvalue weighted by Crippen LogP contribution is 2.60. The predicted octanol–water partition coefficient (Wildman–Crippen LogP) is 4.20. The highest BCUT2D eigenvalue weighted by Gasteiger charge is 2.52. The maximum absolute atomic E-state index is 12.4. The van der Waals surface area contributed by atoms with Crippen LogP contribution in [0, 0.1) is 34.8 Å². The van der Waals surface area contributed by atoms with E-state index >= 15 is 0 Å². The smallest absolute Gasteiger partial charge is 0.273 e. The number of nitrogens with zero attached hydrogens (tertiary/aromatic N) is 2. The summed E-state index contributed by atoms with van der Waals surface area (Å²) in [6.07, 6.45) is 7.77. The van der Waals surface area contributed by atoms with Gasteiger partial charge in [-0.1, -0.05) is 6.07 Å². The number of aryl methyl sites for hydroxylation is 1. The monoisotopic (exact) mass is 454 g/mol. The molecule has 0 radical (unpaired) electrons. The van der Waals surface area contributed by atoms with Gasteiger partial charge >= 0.3 is 0 Å². The SMILES string of the molecule is Cc1ccc(C(=O)NCC(=O)Nc2nc(C34CC5CC(CC(C5)C3)C4)cs2)cc1[N+](=O)[O-]. The lowest BCUT2D eigenvalue weighted by Gasteiger charge is -2.56. The summed E-state index contributed by atoms with van der Waals surface area (Å²) in [5, 5.41) is 19.0. The maximum atomic E-state index is 12.4. The number of carbonyl (C=O) groups is 2. The summed E-state index contributed by atoms with van der Waals surface area (Å²) >= 11 is 1.43. The van der Waals surface area contributed by atoms with Crippen LogP contribution in [0.15, 0.2) is 23.6 Å². The van der Waals surface area contributed by atoms with Crippen LogP contribution in [0.5, 0.6) is 0 Å². The molecule has 168 valence electrons. The van der Waals surface area contributed by atoms with Gasteiger partial charge in [0, 0.05) is 28.0 Å². The molecule has 4 bridgehead atoms. The largest absolute Gasteiger partial charge is 0.343 e. The van der Waals surface area contributed by atoms with Crippen molar-refractivity contribution in [3.63, 3.8) is 0 Å². The second-order valence-electron chi connectivity index (χ2n) is 9.73. The molecule has 4 aliphatic carbocycles. The van der Waals surface area contributed by atoms with Crippen molar-refractivity contribution in [2.45, 2.75) is 50.9 Å². The van der Waals surface area contributed by atoms with E-state index in [9.17, 15) is 19.7 Å². The van der Waals surface area contributed by atoms with E-state index in [0.717, 1.165) is 23.4 Å². The number of anilines is 1. The zero-order valence-electron chi connectivity index (χ0n) is 17.9. The van der Waals surface area contributed by atoms with Gasteiger partial charge in [-0.3, -0.25) is 19.7 Å². The Hall–Kier alpha value is -2.81. The molecule has 9 heteroatoms. The number of rotatable bonds is 6. The summed E-state index contributed by atoms with van der Waals surface area (Å²) in [5.74, 6) is 1.58. The lowest BCUT2D eigenvalue weighted by molar-refractivity contribution is -0.385. The van der Waals surface area contributed by atoms with Gasteiger partial charge < -0.3 is 10.6 Å². The van der Waals surface area contributed by atoms with Gasteiger partial charge in [0.25, 0.3) is 11.6 Å². The fraction of sp³-hybridized carbons (Fsp3) is 0.522. The first-order valence-corrected chi connectivity index (χ1v) is 12.0. The number of thiazole rings is 1. The van der Waals surface area contributed by atoms with Crippen molar-refractivity contribution in [1.82, 2.24) is 10.3 Å². The molecule has 1 heterocycles. The summed E-state index contributed by atoms with van der Waals surface area (Å²) in [4.78, 5) is 40.0. The Labute approximate surface area is 190 Å². The van der Waals surface area contributed by atoms with Gasteiger partial charge in [0.05, 0.1) is 17.2 Å². The number of nitrogens with one attached hydrogen (secondary N) is 2. The van der Waals surface area contributed by atoms with Crippen LogP contribution < -0.4 is 10.6 Å². The van der Waals surface area contributed by atoms with Crippen LogP contribution in [0.25, 0.3) is 0 Å². The maximum Gasteiger partial charge on any atom is 0.273 e. The van der Waals surface area contributed by atoms with Crippen molar-refractivity contribution in [3.05, 3.63) is 50.5 Å². The van der Waals surface area contributed by atoms with Gasteiger partial charge in [-0.15, -0.1) is 11.3 Å². The first kappa shape index (κ1) is 21.1. The van der Waals surface area contributed by atoms with E-state index in [4.69, 9.17) is 4.98 Å². The Kier molecular flexibility index (Phi) is 5.23. The van der Waals surface area contributed by atoms with Crippen molar-refractivity contribution >= 4 is 34.0 Å². The summed E-state index contributed by atoms with van der Waals surface area (Å²) in [6.45, 7) is 1.38. The average Bonchev–Trinajstić information content (AvgIpc) is 3.20. The zero-order valence-corrected chi connectivity index (χ0v) is 18.7. The zero-order chi connectivity index (χ0) is 22.5. The van der Waals surface area contributed by atoms with E-state index in [1.54, 1.807) is 6.92 Å². The Bertz CT molecular complexity index is 1060. The van der Waals surface area contributed by atoms with Crippen molar-refractivity contribution in [3.8, 4) is 0 Å². The molecule has 0 saturated heterocycles. The molecule has 4 fully saturated rings. The molecule has 8 nitrogen and oxygen atoms in total. The molecule has 2 N–H and O–H groups in total. The number of hydrogen-bond acceptors (Lipinski definition) is 6. The summed E-state index contributed by atoms with van der Waals surface area (Å²) in [6, 6.07) is 4.25. The lowest BCUT2D eigenvalue weighted by Crippen LogP contribution is -2.48. The number of benzene rings is 1. The van der Waals surface area contributed by atoms with E-state index in [-0.39, 0.29) is 29.1 Å². The van der Waals surface area contributed by atoms with Crippen molar-refractivity contribution < 1.29 is 14.5 Å². The second-order valence-corrected chi connectivity index (χ2v) is 10.6. The highest BCUT2D eigenvalue weighted by atomic mass is 32.1. The minimum atomic E-state index is -0.531. The van der Waals surface area contributed by atoms with Crippen molar-refractivity contribution in [2.75, 3.05) is 11.9 Å². The molecule has 2 amide bonds. The van der Waals surface area contributed by atoms with Crippen molar-refractivity contribution in [2.24, 2.45) is 17.8 Å². The quantitative estimate of drug-likeness (QED) is 0.502. The topological polar surface area (TPSA) is 114 Å². The molecule has 6 rings (SSSR count). The van der Waals surface area contributed by atoms with Crippen LogP contribution in [0.2, 0.25) is 0 Å². The van der Waals surface area contributed by atoms with Gasteiger partial charge in [0.2, 0.25) is 5.91 Å². The normalized spacial score (nSPS) is 27.8. The van der Waals surface area contributed by atoms with Crippen LogP contribution in [-0.4, -0.2) is 28.3 Å². The van der Waals surface area contributed by atoms with Crippen LogP contribution >= 0.6 is 11.3 Å². The molecule has 0 atom stereocenters. The van der Waals surface area contributed by atoms with Crippen molar-refractivity contribution in [1.29, 1.82) is 0 Å². The molecule has 32 heavy (non-hydrogen) atoms. The second kappa shape index (κ2) is 7.95.